The van der Waals surface area contributed by atoms with Crippen LogP contribution in [0.1, 0.15) is 74.9 Å². The standard InChI is InChI=1S/C71H54N4/c1-69(2)57-37-47(43-25-29-45(30-26-43)67-72-63-21-13-15-23-65(63)74(67)49-17-9-7-10-18-49)33-35-51(57)53-39-61-55(41-59(53)69)56-42-60-54(40-62(56)71(61,5)6)52-36-34-48(38-58(52)70(60,3)4)44-27-31-46(32-28-44)68-73-64-22-14-16-24-66(64)75(68)50-19-11-8-12-20-50/h7-42H,1-6H3. The van der Waals surface area contributed by atoms with Crippen molar-refractivity contribution in [3.8, 4) is 89.8 Å². The van der Waals surface area contributed by atoms with Crippen molar-refractivity contribution in [3.05, 3.63) is 252 Å². The van der Waals surface area contributed by atoms with Crippen LogP contribution >= 0.6 is 0 Å². The lowest BCUT2D eigenvalue weighted by atomic mass is 9.78. The lowest BCUT2D eigenvalue weighted by Crippen LogP contribution is -2.17. The molecule has 0 N–H and O–H groups in total. The van der Waals surface area contributed by atoms with Gasteiger partial charge in [-0.25, -0.2) is 9.97 Å². The summed E-state index contributed by atoms with van der Waals surface area (Å²) >= 11 is 0. The van der Waals surface area contributed by atoms with Gasteiger partial charge in [-0.1, -0.05) is 175 Å². The Kier molecular flexibility index (Phi) is 9.08. The third-order valence-electron chi connectivity index (χ3n) is 17.4. The van der Waals surface area contributed by atoms with Crippen LogP contribution in [0.15, 0.2) is 218 Å². The zero-order chi connectivity index (χ0) is 50.5. The van der Waals surface area contributed by atoms with E-state index in [4.69, 9.17) is 9.97 Å². The molecule has 75 heavy (non-hydrogen) atoms. The number of aromatic nitrogens is 4. The van der Waals surface area contributed by atoms with Crippen molar-refractivity contribution in [1.82, 2.24) is 19.1 Å². The molecule has 0 aliphatic heterocycles. The third kappa shape index (κ3) is 6.29. The Balaban J connectivity index is 0.743. The van der Waals surface area contributed by atoms with Crippen LogP contribution in [0, 0.1) is 0 Å². The molecule has 0 bridgehead atoms. The second kappa shape index (κ2) is 15.6. The van der Waals surface area contributed by atoms with Gasteiger partial charge in [-0.2, -0.15) is 0 Å². The van der Waals surface area contributed by atoms with E-state index in [2.05, 4.69) is 269 Å². The summed E-state index contributed by atoms with van der Waals surface area (Å²) in [5.74, 6) is 1.89. The minimum atomic E-state index is -0.180. The van der Waals surface area contributed by atoms with Gasteiger partial charge in [-0.05, 0) is 174 Å². The van der Waals surface area contributed by atoms with E-state index in [-0.39, 0.29) is 16.2 Å². The van der Waals surface area contributed by atoms with Crippen LogP contribution in [-0.2, 0) is 16.2 Å². The highest BCUT2D eigenvalue weighted by molar-refractivity contribution is 5.95. The molecule has 0 atom stereocenters. The average molecular weight is 963 g/mol. The van der Waals surface area contributed by atoms with E-state index in [1.165, 1.54) is 89.0 Å². The molecule has 0 amide bonds. The summed E-state index contributed by atoms with van der Waals surface area (Å²) in [7, 11) is 0. The van der Waals surface area contributed by atoms with Crippen molar-refractivity contribution in [1.29, 1.82) is 0 Å². The Morgan fingerprint density at radius 3 is 0.933 bits per heavy atom. The molecule has 0 radical (unpaired) electrons. The van der Waals surface area contributed by atoms with Gasteiger partial charge >= 0.3 is 0 Å². The molecule has 10 aromatic carbocycles. The molecule has 358 valence electrons. The molecule has 0 spiro atoms. The second-order valence-electron chi connectivity index (χ2n) is 22.6. The van der Waals surface area contributed by atoms with Crippen LogP contribution in [0.2, 0.25) is 0 Å². The number of imidazole rings is 2. The number of benzene rings is 10. The molecule has 15 rings (SSSR count). The normalized spacial score (nSPS) is 14.9. The quantitative estimate of drug-likeness (QED) is 0.166. The van der Waals surface area contributed by atoms with Crippen molar-refractivity contribution in [3.63, 3.8) is 0 Å². The first kappa shape index (κ1) is 43.7. The van der Waals surface area contributed by atoms with Crippen LogP contribution in [-0.4, -0.2) is 19.1 Å². The molecular weight excluding hydrogens is 909 g/mol. The smallest absolute Gasteiger partial charge is 0.145 e. The summed E-state index contributed by atoms with van der Waals surface area (Å²) in [5.41, 5.74) is 29.5. The highest BCUT2D eigenvalue weighted by atomic mass is 15.1. The van der Waals surface area contributed by atoms with Gasteiger partial charge in [0.25, 0.3) is 0 Å². The highest BCUT2D eigenvalue weighted by Gasteiger charge is 2.44. The molecule has 2 aromatic heterocycles. The van der Waals surface area contributed by atoms with Crippen LogP contribution in [0.3, 0.4) is 0 Å². The SMILES string of the molecule is CC1(C)c2cc(-c3ccc(-c4nc5ccccc5n4-c4ccccc4)cc3)ccc2-c2cc3c(cc21)-c1cc2c(cc1C3(C)C)-c1ccc(-c3ccc(-c4nc5ccccc5n4-c4ccccc4)cc3)cc1C2(C)C. The fourth-order valence-electron chi connectivity index (χ4n) is 13.3. The topological polar surface area (TPSA) is 35.6 Å². The summed E-state index contributed by atoms with van der Waals surface area (Å²) < 4.78 is 4.54. The average Bonchev–Trinajstić information content (AvgIpc) is 4.22. The van der Waals surface area contributed by atoms with Gasteiger partial charge in [-0.15, -0.1) is 0 Å². The molecular formula is C71H54N4. The lowest BCUT2D eigenvalue weighted by molar-refractivity contribution is 0.649. The molecule has 2 heterocycles. The van der Waals surface area contributed by atoms with Crippen molar-refractivity contribution in [2.24, 2.45) is 0 Å². The molecule has 12 aromatic rings. The van der Waals surface area contributed by atoms with E-state index in [0.29, 0.717) is 0 Å². The van der Waals surface area contributed by atoms with E-state index < -0.39 is 0 Å². The summed E-state index contributed by atoms with van der Waals surface area (Å²) in [6.45, 7) is 14.5. The predicted molar refractivity (Wildman–Crippen MR) is 310 cm³/mol. The summed E-state index contributed by atoms with van der Waals surface area (Å²) in [4.78, 5) is 10.3. The molecule has 4 heteroatoms. The van der Waals surface area contributed by atoms with Crippen LogP contribution < -0.4 is 0 Å². The first-order valence-corrected chi connectivity index (χ1v) is 26.4. The van der Waals surface area contributed by atoms with E-state index in [9.17, 15) is 0 Å². The van der Waals surface area contributed by atoms with Gasteiger partial charge in [-0.3, -0.25) is 9.13 Å². The minimum Gasteiger partial charge on any atom is -0.292 e. The fourth-order valence-corrected chi connectivity index (χ4v) is 13.3. The zero-order valence-electron chi connectivity index (χ0n) is 43.1. The Morgan fingerprint density at radius 2 is 0.560 bits per heavy atom. The highest BCUT2D eigenvalue weighted by Crippen LogP contribution is 2.60. The molecule has 4 nitrogen and oxygen atoms in total. The van der Waals surface area contributed by atoms with Gasteiger partial charge in [0, 0.05) is 38.7 Å². The summed E-state index contributed by atoms with van der Waals surface area (Å²) in [5, 5.41) is 0. The summed E-state index contributed by atoms with van der Waals surface area (Å²) in [6.07, 6.45) is 0. The van der Waals surface area contributed by atoms with Crippen molar-refractivity contribution < 1.29 is 0 Å². The van der Waals surface area contributed by atoms with E-state index in [0.717, 1.165) is 56.2 Å². The minimum absolute atomic E-state index is 0.167. The van der Waals surface area contributed by atoms with Gasteiger partial charge in [0.15, 0.2) is 0 Å². The molecule has 0 saturated heterocycles. The number of rotatable bonds is 6. The van der Waals surface area contributed by atoms with E-state index >= 15 is 0 Å². The van der Waals surface area contributed by atoms with Crippen molar-refractivity contribution in [2.45, 2.75) is 57.8 Å². The van der Waals surface area contributed by atoms with Gasteiger partial charge in [0.05, 0.1) is 22.1 Å². The lowest BCUT2D eigenvalue weighted by Gasteiger charge is -2.25. The Hall–Kier alpha value is -8.86. The number of hydrogen-bond acceptors (Lipinski definition) is 2. The molecule has 3 aliphatic carbocycles. The first-order valence-electron chi connectivity index (χ1n) is 26.4. The van der Waals surface area contributed by atoms with Crippen LogP contribution in [0.5, 0.6) is 0 Å². The zero-order valence-corrected chi connectivity index (χ0v) is 43.1. The maximum atomic E-state index is 5.13. The van der Waals surface area contributed by atoms with Crippen LogP contribution in [0.25, 0.3) is 112 Å². The van der Waals surface area contributed by atoms with Crippen LogP contribution in [0.4, 0.5) is 0 Å². The van der Waals surface area contributed by atoms with Gasteiger partial charge in [0.1, 0.15) is 11.6 Å². The number of nitrogens with zero attached hydrogens (tertiary/aromatic N) is 4. The maximum absolute atomic E-state index is 5.13. The second-order valence-corrected chi connectivity index (χ2v) is 22.6. The largest absolute Gasteiger partial charge is 0.292 e. The summed E-state index contributed by atoms with van der Waals surface area (Å²) in [6, 6.07) is 80.3. The number of hydrogen-bond donors (Lipinski definition) is 0. The third-order valence-corrected chi connectivity index (χ3v) is 17.4. The van der Waals surface area contributed by atoms with E-state index in [1.807, 2.05) is 0 Å². The van der Waals surface area contributed by atoms with Gasteiger partial charge < -0.3 is 0 Å². The van der Waals surface area contributed by atoms with Crippen molar-refractivity contribution >= 4 is 22.1 Å². The predicted octanol–water partition coefficient (Wildman–Crippen LogP) is 18.0. The number of para-hydroxylation sites is 6. The Bertz CT molecular complexity index is 4060. The van der Waals surface area contributed by atoms with Gasteiger partial charge in [0.2, 0.25) is 0 Å². The van der Waals surface area contributed by atoms with E-state index in [1.54, 1.807) is 0 Å². The molecule has 3 aliphatic rings. The monoisotopic (exact) mass is 962 g/mol. The maximum Gasteiger partial charge on any atom is 0.145 e. The number of fused-ring (bicyclic) bond motifs is 11. The molecule has 0 saturated carbocycles. The Labute approximate surface area is 438 Å². The molecule has 0 fully saturated rings. The fraction of sp³-hybridized carbons (Fsp3) is 0.127. The Morgan fingerprint density at radius 1 is 0.267 bits per heavy atom. The molecule has 0 unspecified atom stereocenters. The van der Waals surface area contributed by atoms with Crippen molar-refractivity contribution in [2.75, 3.05) is 0 Å². The first-order chi connectivity index (χ1) is 36.4.